The number of aliphatic hydroxyl groups is 1. The van der Waals surface area contributed by atoms with Crippen molar-refractivity contribution >= 4 is 52.4 Å². The van der Waals surface area contributed by atoms with Crippen LogP contribution in [0.3, 0.4) is 0 Å². The van der Waals surface area contributed by atoms with Crippen LogP contribution in [0.5, 0.6) is 0 Å². The van der Waals surface area contributed by atoms with E-state index >= 15 is 0 Å². The number of hydrogen-bond donors (Lipinski definition) is 3. The largest absolute Gasteiger partial charge is 0.461 e. The lowest BCUT2D eigenvalue weighted by molar-refractivity contribution is -0.205. The number of thioether (sulfide) groups is 1. The van der Waals surface area contributed by atoms with Crippen LogP contribution in [-0.4, -0.2) is 110 Å². The van der Waals surface area contributed by atoms with E-state index in [2.05, 4.69) is 52.5 Å². The van der Waals surface area contributed by atoms with Gasteiger partial charge in [0.05, 0.1) is 18.2 Å². The Morgan fingerprint density at radius 3 is 2.64 bits per heavy atom. The van der Waals surface area contributed by atoms with Gasteiger partial charge in [-0.05, 0) is 81.7 Å². The molecule has 2 bridgehead atoms. The number of anilines is 2. The molecule has 1 unspecified atom stereocenters. The van der Waals surface area contributed by atoms with Crippen molar-refractivity contribution < 1.29 is 24.2 Å². The van der Waals surface area contributed by atoms with E-state index in [0.29, 0.717) is 56.0 Å². The van der Waals surface area contributed by atoms with E-state index in [1.54, 1.807) is 18.1 Å². The number of ether oxygens (including phenoxy) is 1. The molecule has 5 fully saturated rings. The lowest BCUT2D eigenvalue weighted by Crippen LogP contribution is -2.63. The van der Waals surface area contributed by atoms with Gasteiger partial charge in [-0.1, -0.05) is 33.8 Å². The van der Waals surface area contributed by atoms with Gasteiger partial charge < -0.3 is 35.3 Å². The summed E-state index contributed by atoms with van der Waals surface area (Å²) in [6, 6.07) is 0. The normalized spacial score (nSPS) is 35.4. The molecule has 3 aliphatic carbocycles. The van der Waals surface area contributed by atoms with Crippen LogP contribution in [-0.2, 0) is 25.7 Å². The average Bonchev–Trinajstić information content (AvgIpc) is 3.91. The third-order valence-electron chi connectivity index (χ3n) is 14.9. The van der Waals surface area contributed by atoms with Crippen LogP contribution in [0.25, 0.3) is 11.2 Å². The second-order valence-electron chi connectivity index (χ2n) is 17.9. The van der Waals surface area contributed by atoms with Gasteiger partial charge in [-0.2, -0.15) is 9.97 Å². The third-order valence-corrected chi connectivity index (χ3v) is 16.3. The molecule has 4 heterocycles. The van der Waals surface area contributed by atoms with E-state index in [0.717, 1.165) is 64.0 Å². The fourth-order valence-electron chi connectivity index (χ4n) is 11.3. The Morgan fingerprint density at radius 2 is 1.91 bits per heavy atom. The summed E-state index contributed by atoms with van der Waals surface area (Å²) in [5.74, 6) is 1.67. The van der Waals surface area contributed by atoms with E-state index in [4.69, 9.17) is 10.5 Å². The highest BCUT2D eigenvalue weighted by Gasteiger charge is 2.68. The highest BCUT2D eigenvalue weighted by molar-refractivity contribution is 8.00. The molecule has 302 valence electrons. The second-order valence-corrected chi connectivity index (χ2v) is 19.2. The number of aromatic nitrogens is 4. The van der Waals surface area contributed by atoms with Gasteiger partial charge in [0, 0.05) is 67.6 Å². The van der Waals surface area contributed by atoms with E-state index in [1.165, 1.54) is 0 Å². The Balaban J connectivity index is 0.933. The summed E-state index contributed by atoms with van der Waals surface area (Å²) in [4.78, 5) is 58.6. The lowest BCUT2D eigenvalue weighted by Gasteiger charge is -2.61. The number of fused-ring (bicyclic) bond motifs is 1. The molecule has 7 rings (SSSR count). The van der Waals surface area contributed by atoms with E-state index in [1.807, 2.05) is 29.5 Å². The van der Waals surface area contributed by atoms with Gasteiger partial charge in [0.25, 0.3) is 0 Å². The molecule has 0 spiro atoms. The van der Waals surface area contributed by atoms with Crippen LogP contribution in [0.2, 0.25) is 0 Å². The van der Waals surface area contributed by atoms with Gasteiger partial charge in [0.1, 0.15) is 11.9 Å². The number of nitrogens with two attached hydrogens (primary N) is 1. The molecular weight excluding hydrogens is 717 g/mol. The molecule has 13 nitrogen and oxygen atoms in total. The minimum absolute atomic E-state index is 0.0618. The maximum absolute atomic E-state index is 13.7. The number of piperidine rings is 1. The van der Waals surface area contributed by atoms with Crippen molar-refractivity contribution in [2.75, 3.05) is 56.2 Å². The number of rotatable bonds is 11. The quantitative estimate of drug-likeness (QED) is 0.217. The molecular formula is C41H62N8O5S. The second kappa shape index (κ2) is 15.6. The van der Waals surface area contributed by atoms with Crippen molar-refractivity contribution in [1.29, 1.82) is 0 Å². The molecule has 2 aliphatic heterocycles. The van der Waals surface area contributed by atoms with Crippen molar-refractivity contribution in [2.24, 2.45) is 39.9 Å². The minimum Gasteiger partial charge on any atom is -0.461 e. The smallest absolute Gasteiger partial charge is 0.316 e. The highest BCUT2D eigenvalue weighted by Crippen LogP contribution is 2.68. The summed E-state index contributed by atoms with van der Waals surface area (Å²) in [5, 5.41) is 15.3. The topological polar surface area (TPSA) is 169 Å². The van der Waals surface area contributed by atoms with Crippen molar-refractivity contribution in [2.45, 2.75) is 109 Å². The molecule has 1 amide bonds. The molecule has 14 heteroatoms. The van der Waals surface area contributed by atoms with E-state index in [-0.39, 0.29) is 57.8 Å². The van der Waals surface area contributed by atoms with Crippen LogP contribution in [0, 0.1) is 39.9 Å². The van der Waals surface area contributed by atoms with Crippen LogP contribution in [0.1, 0.15) is 85.5 Å². The number of nitrogens with zero attached hydrogens (tertiary/aromatic N) is 6. The zero-order valence-electron chi connectivity index (χ0n) is 33.5. The first-order valence-electron chi connectivity index (χ1n) is 20.5. The van der Waals surface area contributed by atoms with Gasteiger partial charge in [-0.15, -0.1) is 18.3 Å². The summed E-state index contributed by atoms with van der Waals surface area (Å²) >= 11 is 1.60. The monoisotopic (exact) mass is 778 g/mol. The number of likely N-dealkylation sites (tertiary alicyclic amines) is 1. The number of carbonyl (C=O) groups is 3. The Bertz CT molecular complexity index is 1780. The average molecular weight is 779 g/mol. The first-order chi connectivity index (χ1) is 26.2. The summed E-state index contributed by atoms with van der Waals surface area (Å²) in [6.45, 7) is 17.1. The number of nitrogens with one attached hydrogen (secondary N) is 1. The van der Waals surface area contributed by atoms with Crippen molar-refractivity contribution in [3.8, 4) is 0 Å². The number of nitrogen functional groups attached to an aromatic ring is 1. The van der Waals surface area contributed by atoms with Gasteiger partial charge in [0.2, 0.25) is 11.9 Å². The Labute approximate surface area is 330 Å². The zero-order chi connectivity index (χ0) is 39.3. The van der Waals surface area contributed by atoms with Gasteiger partial charge in [0.15, 0.2) is 17.0 Å². The van der Waals surface area contributed by atoms with E-state index < -0.39 is 23.0 Å². The van der Waals surface area contributed by atoms with Gasteiger partial charge >= 0.3 is 5.97 Å². The number of aliphatic hydroxyl groups excluding tert-OH is 1. The number of carbonyl (C=O) groups excluding carboxylic acids is 3. The van der Waals surface area contributed by atoms with Crippen LogP contribution < -0.4 is 16.0 Å². The molecule has 0 aromatic carbocycles. The molecule has 9 atom stereocenters. The summed E-state index contributed by atoms with van der Waals surface area (Å²) < 4.78 is 8.36. The van der Waals surface area contributed by atoms with Crippen LogP contribution in [0.15, 0.2) is 19.0 Å². The number of aryl methyl sites for hydroxylation is 1. The fraction of sp³-hybridized carbons (Fsp3) is 0.756. The molecule has 5 aliphatic rings. The standard InChI is InChI=1S/C41H62N8O5S/c1-7-39(4)20-30(40(5)25(2)8-14-41(26(3)35(39)53)15-9-29(50)34(40)41)54-32(52)23-55-28-11-17-47(18-12-28)31(51)13-19-49-24-44-33-36(45-38(42)46-37(33)49)48-16-10-27(22-48)21-43-6/h7,24-28,30,34-35,43,53H,1,8-23H2,2-6H3,(H2,42,45,46)/t25-,26+,27?,30-,34-,35+,39-,40+,41+/m1/s1. The molecule has 55 heavy (non-hydrogen) atoms. The number of esters is 1. The Morgan fingerprint density at radius 1 is 1.15 bits per heavy atom. The first-order valence-corrected chi connectivity index (χ1v) is 21.6. The van der Waals surface area contributed by atoms with Gasteiger partial charge in [-0.25, -0.2) is 4.98 Å². The number of Topliss-reactive ketones (excluding diaryl/α,β-unsaturated/α-hetero) is 1. The Hall–Kier alpha value is -3.23. The summed E-state index contributed by atoms with van der Waals surface area (Å²) in [5.41, 5.74) is 6.03. The number of hydrogen-bond acceptors (Lipinski definition) is 12. The zero-order valence-corrected chi connectivity index (χ0v) is 34.3. The molecule has 2 saturated heterocycles. The molecule has 4 N–H and O–H groups in total. The minimum atomic E-state index is -0.684. The maximum Gasteiger partial charge on any atom is 0.316 e. The van der Waals surface area contributed by atoms with Crippen LogP contribution in [0.4, 0.5) is 11.8 Å². The number of amides is 1. The third kappa shape index (κ3) is 7.17. The first kappa shape index (κ1) is 40.0. The predicted molar refractivity (Wildman–Crippen MR) is 215 cm³/mol. The van der Waals surface area contributed by atoms with E-state index in [9.17, 15) is 19.5 Å². The summed E-state index contributed by atoms with van der Waals surface area (Å²) in [6.07, 6.45) is 8.96. The predicted octanol–water partition coefficient (Wildman–Crippen LogP) is 4.48. The number of ketones is 1. The fourth-order valence-corrected chi connectivity index (χ4v) is 12.3. The molecule has 0 radical (unpaired) electrons. The molecule has 2 aromatic rings. The maximum atomic E-state index is 13.7. The Kier molecular flexibility index (Phi) is 11.3. The molecule has 3 saturated carbocycles. The number of imidazole rings is 1. The van der Waals surface area contributed by atoms with Crippen LogP contribution >= 0.6 is 11.8 Å². The van der Waals surface area contributed by atoms with Gasteiger partial charge in [-0.3, -0.25) is 14.4 Å². The summed E-state index contributed by atoms with van der Waals surface area (Å²) in [7, 11) is 1.97. The van der Waals surface area contributed by atoms with Crippen molar-refractivity contribution in [1.82, 2.24) is 29.7 Å². The lowest BCUT2D eigenvalue weighted by atomic mass is 9.44. The molecule has 2 aromatic heterocycles. The van der Waals surface area contributed by atoms with Crippen molar-refractivity contribution in [3.63, 3.8) is 0 Å². The SMILES string of the molecule is C=C[C@]1(C)C[C@@H](OC(=O)CSC2CCN(C(=O)CCn3cnc4c(N5CCC(CNC)C5)nc(N)nc43)CC2)[C@]2(C)[C@H](C)CC[C@]3(CCC(=O)[C@@H]32)[C@@H](C)[C@@H]1O. The van der Waals surface area contributed by atoms with Crippen molar-refractivity contribution in [3.05, 3.63) is 19.0 Å². The highest BCUT2D eigenvalue weighted by atomic mass is 32.2.